The molecule has 0 saturated carbocycles. The van der Waals surface area contributed by atoms with Crippen molar-refractivity contribution in [3.63, 3.8) is 0 Å². The summed E-state index contributed by atoms with van der Waals surface area (Å²) in [5.74, 6) is -1.81. The molecule has 0 unspecified atom stereocenters. The molecule has 2 N–H and O–H groups in total. The number of carboxylic acid groups (broad SMARTS) is 1. The number of carbonyl (C=O) groups excluding carboxylic acids is 1. The van der Waals surface area contributed by atoms with Crippen LogP contribution in [-0.4, -0.2) is 44.2 Å². The van der Waals surface area contributed by atoms with E-state index < -0.39 is 27.9 Å². The van der Waals surface area contributed by atoms with Gasteiger partial charge in [0.15, 0.2) is 0 Å². The number of benzene rings is 1. The number of hydrogen-bond acceptors (Lipinski definition) is 4. The van der Waals surface area contributed by atoms with Crippen molar-refractivity contribution in [2.75, 3.05) is 17.1 Å². The first kappa shape index (κ1) is 17.3. The fraction of sp³-hybridized carbons (Fsp3) is 0.467. The van der Waals surface area contributed by atoms with Crippen molar-refractivity contribution in [1.29, 1.82) is 0 Å². The number of amides is 1. The Labute approximate surface area is 135 Å². The van der Waals surface area contributed by atoms with Gasteiger partial charge >= 0.3 is 5.97 Å². The SMILES string of the molecule is CC(C)[C@@H](NC(=O)c1ccc2c(c1)CCN2S(C)(=O)=O)C(=O)O. The van der Waals surface area contributed by atoms with Gasteiger partial charge in [0.05, 0.1) is 11.9 Å². The molecule has 126 valence electrons. The van der Waals surface area contributed by atoms with Crippen LogP contribution < -0.4 is 9.62 Å². The molecule has 0 bridgehead atoms. The summed E-state index contributed by atoms with van der Waals surface area (Å²) in [6.07, 6.45) is 1.67. The van der Waals surface area contributed by atoms with Gasteiger partial charge in [-0.3, -0.25) is 9.10 Å². The third-order valence-electron chi connectivity index (χ3n) is 3.81. The zero-order chi connectivity index (χ0) is 17.4. The molecular weight excluding hydrogens is 320 g/mol. The summed E-state index contributed by atoms with van der Waals surface area (Å²) >= 11 is 0. The third-order valence-corrected chi connectivity index (χ3v) is 4.99. The highest BCUT2D eigenvalue weighted by atomic mass is 32.2. The average Bonchev–Trinajstić information content (AvgIpc) is 2.86. The predicted molar refractivity (Wildman–Crippen MR) is 86.1 cm³/mol. The zero-order valence-electron chi connectivity index (χ0n) is 13.2. The van der Waals surface area contributed by atoms with Crippen LogP contribution in [0.15, 0.2) is 18.2 Å². The molecule has 1 aliphatic heterocycles. The van der Waals surface area contributed by atoms with Crippen molar-refractivity contribution in [1.82, 2.24) is 5.32 Å². The fourth-order valence-electron chi connectivity index (χ4n) is 2.60. The molecule has 8 heteroatoms. The van der Waals surface area contributed by atoms with E-state index in [4.69, 9.17) is 5.11 Å². The lowest BCUT2D eigenvalue weighted by atomic mass is 10.0. The molecule has 1 atom stereocenters. The third kappa shape index (κ3) is 3.64. The minimum Gasteiger partial charge on any atom is -0.480 e. The maximum absolute atomic E-state index is 12.2. The first-order chi connectivity index (χ1) is 10.6. The summed E-state index contributed by atoms with van der Waals surface area (Å²) in [6, 6.07) is 3.75. The maximum Gasteiger partial charge on any atom is 0.326 e. The molecule has 1 aromatic carbocycles. The number of sulfonamides is 1. The van der Waals surface area contributed by atoms with Gasteiger partial charge in [-0.05, 0) is 36.1 Å². The molecular formula is C15H20N2O5S. The Morgan fingerprint density at radius 3 is 2.48 bits per heavy atom. The monoisotopic (exact) mass is 340 g/mol. The second kappa shape index (κ2) is 6.19. The lowest BCUT2D eigenvalue weighted by Gasteiger charge is -2.19. The number of hydrogen-bond donors (Lipinski definition) is 2. The number of nitrogens with one attached hydrogen (secondary N) is 1. The largest absolute Gasteiger partial charge is 0.480 e. The van der Waals surface area contributed by atoms with Gasteiger partial charge in [-0.2, -0.15) is 0 Å². The molecule has 0 fully saturated rings. The summed E-state index contributed by atoms with van der Waals surface area (Å²) in [5.41, 5.74) is 1.66. The highest BCUT2D eigenvalue weighted by molar-refractivity contribution is 7.92. The van der Waals surface area contributed by atoms with Crippen molar-refractivity contribution >= 4 is 27.6 Å². The number of nitrogens with zero attached hydrogens (tertiary/aromatic N) is 1. The van der Waals surface area contributed by atoms with Gasteiger partial charge in [0.1, 0.15) is 6.04 Å². The summed E-state index contributed by atoms with van der Waals surface area (Å²) in [5, 5.41) is 11.6. The Morgan fingerprint density at radius 2 is 1.96 bits per heavy atom. The standard InChI is InChI=1S/C15H20N2O5S/c1-9(2)13(15(19)20)16-14(18)11-4-5-12-10(8-11)6-7-17(12)23(3,21)22/h4-5,8-9,13H,6-7H2,1-3H3,(H,16,18)(H,19,20)/t13-/m1/s1. The lowest BCUT2D eigenvalue weighted by molar-refractivity contribution is -0.140. The first-order valence-electron chi connectivity index (χ1n) is 7.25. The topological polar surface area (TPSA) is 104 Å². The minimum atomic E-state index is -3.34. The number of rotatable bonds is 5. The van der Waals surface area contributed by atoms with Gasteiger partial charge in [0.25, 0.3) is 5.91 Å². The van der Waals surface area contributed by atoms with Crippen LogP contribution in [0.2, 0.25) is 0 Å². The molecule has 23 heavy (non-hydrogen) atoms. The van der Waals surface area contributed by atoms with E-state index in [1.54, 1.807) is 26.0 Å². The predicted octanol–water partition coefficient (Wildman–Crippen LogP) is 0.848. The molecule has 0 aromatic heterocycles. The first-order valence-corrected chi connectivity index (χ1v) is 9.10. The van der Waals surface area contributed by atoms with E-state index in [1.807, 2.05) is 0 Å². The van der Waals surface area contributed by atoms with Crippen LogP contribution in [0.3, 0.4) is 0 Å². The number of fused-ring (bicyclic) bond motifs is 1. The zero-order valence-corrected chi connectivity index (χ0v) is 14.1. The molecule has 7 nitrogen and oxygen atoms in total. The van der Waals surface area contributed by atoms with Gasteiger partial charge in [-0.1, -0.05) is 13.8 Å². The van der Waals surface area contributed by atoms with Crippen LogP contribution in [0.1, 0.15) is 29.8 Å². The van der Waals surface area contributed by atoms with Gasteiger partial charge in [0.2, 0.25) is 10.0 Å². The average molecular weight is 340 g/mol. The highest BCUT2D eigenvalue weighted by Gasteiger charge is 2.28. The molecule has 1 amide bonds. The van der Waals surface area contributed by atoms with Crippen molar-refractivity contribution in [3.05, 3.63) is 29.3 Å². The molecule has 1 aliphatic rings. The lowest BCUT2D eigenvalue weighted by Crippen LogP contribution is -2.44. The van der Waals surface area contributed by atoms with Crippen LogP contribution >= 0.6 is 0 Å². The minimum absolute atomic E-state index is 0.244. The second-order valence-electron chi connectivity index (χ2n) is 5.96. The normalized spacial score (nSPS) is 15.4. The Balaban J connectivity index is 2.23. The fourth-order valence-corrected chi connectivity index (χ4v) is 3.55. The molecule has 1 aromatic rings. The Morgan fingerprint density at radius 1 is 1.30 bits per heavy atom. The van der Waals surface area contributed by atoms with Crippen molar-refractivity contribution in [3.8, 4) is 0 Å². The van der Waals surface area contributed by atoms with E-state index in [1.165, 1.54) is 10.4 Å². The van der Waals surface area contributed by atoms with E-state index in [2.05, 4.69) is 5.32 Å². The van der Waals surface area contributed by atoms with E-state index in [-0.39, 0.29) is 5.92 Å². The van der Waals surface area contributed by atoms with E-state index in [9.17, 15) is 18.0 Å². The summed E-state index contributed by atoms with van der Waals surface area (Å²) in [6.45, 7) is 3.78. The van der Waals surface area contributed by atoms with Gasteiger partial charge in [0, 0.05) is 12.1 Å². The molecule has 1 heterocycles. The second-order valence-corrected chi connectivity index (χ2v) is 7.87. The van der Waals surface area contributed by atoms with Crippen molar-refractivity contribution in [2.45, 2.75) is 26.3 Å². The van der Waals surface area contributed by atoms with Gasteiger partial charge < -0.3 is 10.4 Å². The Kier molecular flexibility index (Phi) is 4.65. The molecule has 0 spiro atoms. The van der Waals surface area contributed by atoms with Crippen LogP contribution in [-0.2, 0) is 21.2 Å². The number of carboxylic acids is 1. The molecule has 2 rings (SSSR count). The highest BCUT2D eigenvalue weighted by Crippen LogP contribution is 2.30. The number of carbonyl (C=O) groups is 2. The van der Waals surface area contributed by atoms with E-state index in [0.717, 1.165) is 11.8 Å². The summed E-state index contributed by atoms with van der Waals surface area (Å²) < 4.78 is 24.7. The van der Waals surface area contributed by atoms with Crippen LogP contribution in [0.5, 0.6) is 0 Å². The summed E-state index contributed by atoms with van der Waals surface area (Å²) in [4.78, 5) is 23.4. The van der Waals surface area contributed by atoms with Gasteiger partial charge in [-0.25, -0.2) is 13.2 Å². The van der Waals surface area contributed by atoms with Crippen LogP contribution in [0, 0.1) is 5.92 Å². The van der Waals surface area contributed by atoms with Crippen LogP contribution in [0.4, 0.5) is 5.69 Å². The number of anilines is 1. The van der Waals surface area contributed by atoms with Crippen molar-refractivity contribution < 1.29 is 23.1 Å². The van der Waals surface area contributed by atoms with E-state index in [0.29, 0.717) is 24.2 Å². The summed E-state index contributed by atoms with van der Waals surface area (Å²) in [7, 11) is -3.34. The van der Waals surface area contributed by atoms with Gasteiger partial charge in [-0.15, -0.1) is 0 Å². The Hall–Kier alpha value is -2.09. The number of aliphatic carboxylic acids is 1. The van der Waals surface area contributed by atoms with Crippen LogP contribution in [0.25, 0.3) is 0 Å². The van der Waals surface area contributed by atoms with E-state index >= 15 is 0 Å². The molecule has 0 saturated heterocycles. The smallest absolute Gasteiger partial charge is 0.326 e. The molecule has 0 aliphatic carbocycles. The molecule has 0 radical (unpaired) electrons. The Bertz CT molecular complexity index is 742. The maximum atomic E-state index is 12.2. The quantitative estimate of drug-likeness (QED) is 0.827. The van der Waals surface area contributed by atoms with Crippen molar-refractivity contribution in [2.24, 2.45) is 5.92 Å².